The number of methoxy groups -OCH3 is 1. The van der Waals surface area contributed by atoms with Crippen molar-refractivity contribution in [3.63, 3.8) is 0 Å². The lowest BCUT2D eigenvalue weighted by Crippen LogP contribution is -2.15. The van der Waals surface area contributed by atoms with Gasteiger partial charge in [-0.2, -0.15) is 0 Å². The van der Waals surface area contributed by atoms with Crippen LogP contribution < -0.4 is 5.32 Å². The Hall–Kier alpha value is -0.160. The van der Waals surface area contributed by atoms with Gasteiger partial charge in [0.1, 0.15) is 0 Å². The maximum Gasteiger partial charge on any atom is 0.0463 e. The lowest BCUT2D eigenvalue weighted by atomic mass is 10.2. The Kier molecular flexibility index (Phi) is 110. The summed E-state index contributed by atoms with van der Waals surface area (Å²) in [5.41, 5.74) is 0. The van der Waals surface area contributed by atoms with E-state index in [2.05, 4.69) is 100 Å². The van der Waals surface area contributed by atoms with Gasteiger partial charge in [0.25, 0.3) is 0 Å². The normalized spacial score (nSPS) is 8.76. The summed E-state index contributed by atoms with van der Waals surface area (Å²) >= 11 is 0. The fourth-order valence-electron chi connectivity index (χ4n) is 1.97. The Labute approximate surface area is 240 Å². The Balaban J connectivity index is -0.0000000572. The van der Waals surface area contributed by atoms with Crippen LogP contribution in [0.2, 0.25) is 0 Å². The first kappa shape index (κ1) is 53.1. The van der Waals surface area contributed by atoms with Crippen molar-refractivity contribution in [2.75, 3.05) is 60.2 Å². The highest BCUT2D eigenvalue weighted by molar-refractivity contribution is 4.36. The van der Waals surface area contributed by atoms with Crippen LogP contribution in [0.5, 0.6) is 0 Å². The van der Waals surface area contributed by atoms with Gasteiger partial charge in [-0.15, -0.1) is 0 Å². The molecule has 0 heterocycles. The molecule has 0 atom stereocenters. The molecule has 0 unspecified atom stereocenters. The molecule has 4 heteroatoms. The van der Waals surface area contributed by atoms with Crippen LogP contribution in [-0.2, 0) is 9.47 Å². The highest BCUT2D eigenvalue weighted by Gasteiger charge is 1.81. The molecule has 0 saturated carbocycles. The molecular weight excluding hydrogens is 456 g/mol. The minimum Gasteiger partial charge on any atom is -0.385 e. The van der Waals surface area contributed by atoms with Crippen LogP contribution in [0, 0.1) is 0 Å². The summed E-state index contributed by atoms with van der Waals surface area (Å²) in [7, 11) is 3.82. The number of hydrogen-bond acceptors (Lipinski definition) is 4. The molecule has 0 aromatic rings. The summed E-state index contributed by atoms with van der Waals surface area (Å²) in [5.74, 6) is 0. The first-order valence-corrected chi connectivity index (χ1v) is 16.3. The number of unbranched alkanes of at least 4 members (excludes halogenated alkanes) is 6. The Morgan fingerprint density at radius 2 is 0.838 bits per heavy atom. The van der Waals surface area contributed by atoms with Gasteiger partial charge in [0.2, 0.25) is 0 Å². The van der Waals surface area contributed by atoms with Gasteiger partial charge in [-0.05, 0) is 53.0 Å². The predicted molar refractivity (Wildman–Crippen MR) is 178 cm³/mol. The summed E-state index contributed by atoms with van der Waals surface area (Å²) in [4.78, 5) is 2.25. The number of nitrogens with zero attached hydrogens (tertiary/aromatic N) is 1. The fraction of sp³-hybridized carbons (Fsp3) is 1.00. The first-order valence-electron chi connectivity index (χ1n) is 16.3. The Bertz CT molecular complexity index is 197. The van der Waals surface area contributed by atoms with Crippen molar-refractivity contribution in [1.82, 2.24) is 10.2 Å². The van der Waals surface area contributed by atoms with Crippen LogP contribution in [0.25, 0.3) is 0 Å². The van der Waals surface area contributed by atoms with Gasteiger partial charge in [0, 0.05) is 26.9 Å². The van der Waals surface area contributed by atoms with E-state index in [9.17, 15) is 0 Å². The summed E-state index contributed by atoms with van der Waals surface area (Å²) in [6, 6.07) is 0. The third-order valence-electron chi connectivity index (χ3n) is 4.45. The second kappa shape index (κ2) is 76.5. The van der Waals surface area contributed by atoms with Crippen molar-refractivity contribution in [3.8, 4) is 0 Å². The Morgan fingerprint density at radius 1 is 0.514 bits per heavy atom. The van der Waals surface area contributed by atoms with Gasteiger partial charge in [0.15, 0.2) is 0 Å². The van der Waals surface area contributed by atoms with Gasteiger partial charge in [0.05, 0.1) is 0 Å². The van der Waals surface area contributed by atoms with Crippen molar-refractivity contribution in [2.45, 2.75) is 161 Å². The summed E-state index contributed by atoms with van der Waals surface area (Å²) in [6.45, 7) is 35.1. The molecule has 0 radical (unpaired) electrons. The molecule has 0 bridgehead atoms. The van der Waals surface area contributed by atoms with E-state index in [-0.39, 0.29) is 0 Å². The van der Waals surface area contributed by atoms with E-state index in [0.717, 1.165) is 58.8 Å². The lowest BCUT2D eigenvalue weighted by Gasteiger charge is -2.07. The zero-order valence-electron chi connectivity index (χ0n) is 29.5. The molecule has 0 aliphatic carbocycles. The van der Waals surface area contributed by atoms with Crippen LogP contribution in [0.15, 0.2) is 0 Å². The van der Waals surface area contributed by atoms with E-state index in [4.69, 9.17) is 9.47 Å². The molecule has 0 fully saturated rings. The minimum absolute atomic E-state index is 0.855. The van der Waals surface area contributed by atoms with Gasteiger partial charge in [-0.3, -0.25) is 0 Å². The van der Waals surface area contributed by atoms with Gasteiger partial charge in [-0.1, -0.05) is 141 Å². The van der Waals surface area contributed by atoms with Gasteiger partial charge >= 0.3 is 0 Å². The number of ether oxygens (including phenoxy) is 2. The SMILES string of the molecule is CCC.CCCCCC.CCCCCC.CCCOC.CCCOCC.CCN(C)CC.CCNCC. The molecule has 0 aromatic heterocycles. The highest BCUT2D eigenvalue weighted by atomic mass is 16.5. The molecular formula is C33H82N2O2. The van der Waals surface area contributed by atoms with Crippen molar-refractivity contribution in [1.29, 1.82) is 0 Å². The molecule has 0 aromatic carbocycles. The molecule has 0 saturated heterocycles. The monoisotopic (exact) mass is 539 g/mol. The van der Waals surface area contributed by atoms with E-state index in [1.165, 1.54) is 57.8 Å². The van der Waals surface area contributed by atoms with Crippen molar-refractivity contribution in [2.24, 2.45) is 0 Å². The molecule has 37 heavy (non-hydrogen) atoms. The Morgan fingerprint density at radius 3 is 0.892 bits per heavy atom. The van der Waals surface area contributed by atoms with E-state index < -0.39 is 0 Å². The first-order chi connectivity index (χ1) is 17.8. The van der Waals surface area contributed by atoms with Crippen LogP contribution in [0.3, 0.4) is 0 Å². The second-order valence-electron chi connectivity index (χ2n) is 8.76. The van der Waals surface area contributed by atoms with Crippen LogP contribution in [-0.4, -0.2) is 65.1 Å². The van der Waals surface area contributed by atoms with E-state index in [0.29, 0.717) is 0 Å². The maximum atomic E-state index is 4.98. The maximum absolute atomic E-state index is 4.98. The number of hydrogen-bond donors (Lipinski definition) is 1. The standard InChI is InChI=1S/2C6H14.C5H13N.C5H12O.C4H11N.C4H10O.C3H8/c2*1-3-5-6-4-2;1-4-6(3)5-2;1-3-5-6-4-2;1-3-5-4-2;1-3-4-5-2;1-3-2/h2*3-6H2,1-2H3;4-5H2,1-3H3;3-5H2,1-2H3;5H,3-4H2,1-2H3;3-4H2,1-2H3;3H2,1-2H3. The second-order valence-corrected chi connectivity index (χ2v) is 8.76. The van der Waals surface area contributed by atoms with E-state index in [1.54, 1.807) is 7.11 Å². The summed E-state index contributed by atoms with van der Waals surface area (Å²) < 4.78 is 9.67. The fourth-order valence-corrected chi connectivity index (χ4v) is 1.97. The largest absolute Gasteiger partial charge is 0.385 e. The molecule has 4 nitrogen and oxygen atoms in total. The smallest absolute Gasteiger partial charge is 0.0463 e. The molecule has 0 aliphatic heterocycles. The van der Waals surface area contributed by atoms with Gasteiger partial charge < -0.3 is 19.7 Å². The van der Waals surface area contributed by atoms with Crippen LogP contribution in [0.4, 0.5) is 0 Å². The average Bonchev–Trinajstić information content (AvgIpc) is 2.92. The molecule has 0 rings (SSSR count). The lowest BCUT2D eigenvalue weighted by molar-refractivity contribution is 0.148. The van der Waals surface area contributed by atoms with Crippen LogP contribution >= 0.6 is 0 Å². The van der Waals surface area contributed by atoms with E-state index in [1.807, 2.05) is 6.92 Å². The van der Waals surface area contributed by atoms with Crippen molar-refractivity contribution < 1.29 is 9.47 Å². The zero-order valence-corrected chi connectivity index (χ0v) is 29.5. The van der Waals surface area contributed by atoms with E-state index >= 15 is 0 Å². The molecule has 1 N–H and O–H groups in total. The zero-order chi connectivity index (χ0) is 30.4. The molecule has 0 spiro atoms. The molecule has 0 aliphatic rings. The third kappa shape index (κ3) is 145. The van der Waals surface area contributed by atoms with Gasteiger partial charge in [-0.25, -0.2) is 0 Å². The van der Waals surface area contributed by atoms with Crippen molar-refractivity contribution in [3.05, 3.63) is 0 Å². The highest BCUT2D eigenvalue weighted by Crippen LogP contribution is 1.96. The molecule has 236 valence electrons. The quantitative estimate of drug-likeness (QED) is 0.210. The summed E-state index contributed by atoms with van der Waals surface area (Å²) in [6.07, 6.45) is 14.6. The topological polar surface area (TPSA) is 33.7 Å². The van der Waals surface area contributed by atoms with Crippen molar-refractivity contribution >= 4 is 0 Å². The number of rotatable bonds is 15. The third-order valence-corrected chi connectivity index (χ3v) is 4.45. The van der Waals surface area contributed by atoms with Crippen LogP contribution in [0.1, 0.15) is 161 Å². The number of nitrogens with one attached hydrogen (secondary N) is 1. The minimum atomic E-state index is 0.855. The molecule has 0 amide bonds. The predicted octanol–water partition coefficient (Wildman–Crippen LogP) is 10.6. The summed E-state index contributed by atoms with van der Waals surface area (Å²) in [5, 5.41) is 3.11. The average molecular weight is 539 g/mol.